The average Bonchev–Trinajstić information content (AvgIpc) is 2.66. The molecule has 2 aromatic rings. The number of hydrogen-bond acceptors (Lipinski definition) is 3. The van der Waals surface area contributed by atoms with Crippen LogP contribution in [0.2, 0.25) is 0 Å². The molecule has 6 nitrogen and oxygen atoms in total. The molecule has 7 heteroatoms. The second-order valence-corrected chi connectivity index (χ2v) is 6.26. The summed E-state index contributed by atoms with van der Waals surface area (Å²) in [5, 5.41) is 19.4. The van der Waals surface area contributed by atoms with E-state index in [1.54, 1.807) is 26.0 Å². The summed E-state index contributed by atoms with van der Waals surface area (Å²) in [4.78, 5) is 27.6. The topological polar surface area (TPSA) is 106 Å². The van der Waals surface area contributed by atoms with E-state index < -0.39 is 17.5 Å². The second kappa shape index (κ2) is 5.06. The van der Waals surface area contributed by atoms with Gasteiger partial charge in [0.15, 0.2) is 0 Å². The molecule has 1 heterocycles. The molecule has 0 aliphatic rings. The Labute approximate surface area is 123 Å². The first-order chi connectivity index (χ1) is 9.20. The van der Waals surface area contributed by atoms with E-state index in [9.17, 15) is 14.7 Å². The first-order valence-corrected chi connectivity index (χ1v) is 6.83. The summed E-state index contributed by atoms with van der Waals surface area (Å²) in [6.07, 6.45) is -0.876. The predicted molar refractivity (Wildman–Crippen MR) is 77.6 cm³/mol. The van der Waals surface area contributed by atoms with Crippen LogP contribution in [-0.2, 0) is 4.79 Å². The van der Waals surface area contributed by atoms with Gasteiger partial charge in [0, 0.05) is 4.47 Å². The Bertz CT molecular complexity index is 717. The maximum Gasteiger partial charge on any atom is 0.323 e. The van der Waals surface area contributed by atoms with E-state index in [-0.39, 0.29) is 12.1 Å². The van der Waals surface area contributed by atoms with Gasteiger partial charge >= 0.3 is 11.7 Å². The molecule has 0 bridgehead atoms. The molecule has 0 amide bonds. The molecule has 0 fully saturated rings. The third-order valence-corrected chi connectivity index (χ3v) is 3.96. The molecule has 1 unspecified atom stereocenters. The van der Waals surface area contributed by atoms with Crippen molar-refractivity contribution in [1.82, 2.24) is 9.97 Å². The van der Waals surface area contributed by atoms with Gasteiger partial charge in [-0.3, -0.25) is 4.79 Å². The van der Waals surface area contributed by atoms with Crippen molar-refractivity contribution in [3.63, 3.8) is 0 Å². The summed E-state index contributed by atoms with van der Waals surface area (Å²) in [5.74, 6) is -0.969. The van der Waals surface area contributed by atoms with Gasteiger partial charge in [-0.05, 0) is 38.0 Å². The molecule has 0 spiro atoms. The van der Waals surface area contributed by atoms with Crippen LogP contribution in [0.25, 0.3) is 11.0 Å². The van der Waals surface area contributed by atoms with Gasteiger partial charge in [0.1, 0.15) is 0 Å². The molecule has 0 radical (unpaired) electrons. The lowest BCUT2D eigenvalue weighted by molar-refractivity contribution is -0.148. The number of aliphatic hydroxyl groups excluding tert-OH is 1. The highest BCUT2D eigenvalue weighted by Gasteiger charge is 2.31. The van der Waals surface area contributed by atoms with E-state index in [1.165, 1.54) is 0 Å². The minimum atomic E-state index is -1.04. The third-order valence-electron chi connectivity index (χ3n) is 3.27. The molecule has 2 rings (SSSR count). The number of nitrogens with one attached hydrogen (secondary N) is 2. The Morgan fingerprint density at radius 3 is 2.45 bits per heavy atom. The zero-order valence-corrected chi connectivity index (χ0v) is 12.6. The minimum Gasteiger partial charge on any atom is -0.481 e. The van der Waals surface area contributed by atoms with E-state index in [1.807, 2.05) is 0 Å². The Kier molecular flexibility index (Phi) is 3.75. The minimum absolute atomic E-state index is 0.0705. The lowest BCUT2D eigenvalue weighted by Crippen LogP contribution is -2.26. The molecule has 108 valence electrons. The number of fused-ring (bicyclic) bond motifs is 1. The molecule has 1 aromatic heterocycles. The highest BCUT2D eigenvalue weighted by molar-refractivity contribution is 9.10. The van der Waals surface area contributed by atoms with Crippen molar-refractivity contribution in [3.8, 4) is 0 Å². The molecular weight excluding hydrogens is 328 g/mol. The van der Waals surface area contributed by atoms with Crippen molar-refractivity contribution >= 4 is 32.9 Å². The van der Waals surface area contributed by atoms with Gasteiger partial charge in [0.05, 0.1) is 22.6 Å². The number of H-pyrrole nitrogens is 2. The van der Waals surface area contributed by atoms with E-state index in [0.29, 0.717) is 21.1 Å². The summed E-state index contributed by atoms with van der Waals surface area (Å²) in [6.45, 7) is 3.12. The number of aromatic nitrogens is 2. The summed E-state index contributed by atoms with van der Waals surface area (Å²) >= 11 is 3.33. The van der Waals surface area contributed by atoms with Crippen molar-refractivity contribution in [2.24, 2.45) is 5.41 Å². The summed E-state index contributed by atoms with van der Waals surface area (Å²) in [6, 6.07) is 3.32. The molecule has 1 atom stereocenters. The second-order valence-electron chi connectivity index (χ2n) is 5.41. The number of imidazole rings is 1. The number of halogens is 1. The highest BCUT2D eigenvalue weighted by atomic mass is 79.9. The van der Waals surface area contributed by atoms with Gasteiger partial charge in [-0.2, -0.15) is 0 Å². The van der Waals surface area contributed by atoms with Crippen molar-refractivity contribution in [1.29, 1.82) is 0 Å². The van der Waals surface area contributed by atoms with E-state index in [0.717, 1.165) is 0 Å². The quantitative estimate of drug-likeness (QED) is 0.682. The Hall–Kier alpha value is -1.60. The molecule has 0 saturated heterocycles. The molecule has 1 aromatic carbocycles. The Morgan fingerprint density at radius 1 is 1.35 bits per heavy atom. The van der Waals surface area contributed by atoms with Gasteiger partial charge in [0.25, 0.3) is 0 Å². The standard InChI is InChI=1S/C13H15BrN2O4/c1-13(2,11(18)19)5-10(17)6-3-8-9(4-7(6)14)16-12(20)15-8/h3-4,10,17H,5H2,1-2H3,(H,18,19)(H2,15,16,20). The highest BCUT2D eigenvalue weighted by Crippen LogP contribution is 2.34. The Balaban J connectivity index is 2.39. The summed E-state index contributed by atoms with van der Waals surface area (Å²) < 4.78 is 0.619. The van der Waals surface area contributed by atoms with Crippen LogP contribution in [0.3, 0.4) is 0 Å². The van der Waals surface area contributed by atoms with Crippen LogP contribution in [0.5, 0.6) is 0 Å². The van der Waals surface area contributed by atoms with E-state index >= 15 is 0 Å². The number of carbonyl (C=O) groups is 1. The molecule has 0 saturated carbocycles. The molecule has 0 aliphatic heterocycles. The van der Waals surface area contributed by atoms with Crippen molar-refractivity contribution in [2.45, 2.75) is 26.4 Å². The van der Waals surface area contributed by atoms with Gasteiger partial charge in [-0.1, -0.05) is 15.9 Å². The molecule has 4 N–H and O–H groups in total. The normalized spacial score (nSPS) is 13.6. The van der Waals surface area contributed by atoms with E-state index in [2.05, 4.69) is 25.9 Å². The van der Waals surface area contributed by atoms with Crippen LogP contribution in [0.4, 0.5) is 0 Å². The molecule has 0 aliphatic carbocycles. The van der Waals surface area contributed by atoms with Gasteiger partial charge in [-0.15, -0.1) is 0 Å². The fraction of sp³-hybridized carbons (Fsp3) is 0.385. The monoisotopic (exact) mass is 342 g/mol. The number of carboxylic acid groups (broad SMARTS) is 1. The number of hydrogen-bond donors (Lipinski definition) is 4. The number of aromatic amines is 2. The fourth-order valence-electron chi connectivity index (χ4n) is 2.01. The number of aliphatic hydroxyl groups is 1. The van der Waals surface area contributed by atoms with Crippen LogP contribution in [0.1, 0.15) is 31.9 Å². The largest absolute Gasteiger partial charge is 0.481 e. The molecule has 20 heavy (non-hydrogen) atoms. The number of benzene rings is 1. The zero-order valence-electron chi connectivity index (χ0n) is 11.0. The van der Waals surface area contributed by atoms with Crippen LogP contribution in [0.15, 0.2) is 21.4 Å². The third kappa shape index (κ3) is 2.78. The number of rotatable bonds is 4. The van der Waals surface area contributed by atoms with Crippen molar-refractivity contribution in [3.05, 3.63) is 32.7 Å². The first-order valence-electron chi connectivity index (χ1n) is 6.03. The van der Waals surface area contributed by atoms with Crippen molar-refractivity contribution < 1.29 is 15.0 Å². The molecular formula is C13H15BrN2O4. The predicted octanol–water partition coefficient (Wildman–Crippen LogP) is 2.15. The first kappa shape index (κ1) is 14.8. The lowest BCUT2D eigenvalue weighted by Gasteiger charge is -2.23. The van der Waals surface area contributed by atoms with Crippen LogP contribution in [0, 0.1) is 5.41 Å². The lowest BCUT2D eigenvalue weighted by atomic mass is 9.85. The van der Waals surface area contributed by atoms with Crippen molar-refractivity contribution in [2.75, 3.05) is 0 Å². The van der Waals surface area contributed by atoms with Crippen LogP contribution >= 0.6 is 15.9 Å². The van der Waals surface area contributed by atoms with Crippen LogP contribution < -0.4 is 5.69 Å². The maximum absolute atomic E-state index is 11.2. The van der Waals surface area contributed by atoms with Gasteiger partial charge in [-0.25, -0.2) is 4.79 Å². The Morgan fingerprint density at radius 2 is 1.90 bits per heavy atom. The van der Waals surface area contributed by atoms with Gasteiger partial charge in [0.2, 0.25) is 0 Å². The fourth-order valence-corrected chi connectivity index (χ4v) is 2.62. The zero-order chi connectivity index (χ0) is 15.1. The number of aliphatic carboxylic acids is 1. The van der Waals surface area contributed by atoms with E-state index in [4.69, 9.17) is 5.11 Å². The SMILES string of the molecule is CC(C)(CC(O)c1cc2[nH]c(=O)[nH]c2cc1Br)C(=O)O. The van der Waals surface area contributed by atoms with Gasteiger partial charge < -0.3 is 20.2 Å². The van der Waals surface area contributed by atoms with Crippen LogP contribution in [-0.4, -0.2) is 26.2 Å². The summed E-state index contributed by atoms with van der Waals surface area (Å²) in [7, 11) is 0. The average molecular weight is 343 g/mol. The smallest absolute Gasteiger partial charge is 0.323 e. The summed E-state index contributed by atoms with van der Waals surface area (Å²) in [5.41, 5.74) is 0.363. The maximum atomic E-state index is 11.2. The number of carboxylic acids is 1.